The molecule has 0 saturated carbocycles. The quantitative estimate of drug-likeness (QED) is 0.785. The first-order chi connectivity index (χ1) is 10.8. The Morgan fingerprint density at radius 2 is 1.78 bits per heavy atom. The van der Waals surface area contributed by atoms with Crippen molar-refractivity contribution in [3.05, 3.63) is 29.8 Å². The third-order valence-corrected chi connectivity index (χ3v) is 5.81. The fourth-order valence-electron chi connectivity index (χ4n) is 2.54. The Hall–Kier alpha value is -1.09. The van der Waals surface area contributed by atoms with E-state index in [4.69, 9.17) is 4.74 Å². The normalized spacial score (nSPS) is 17.1. The average Bonchev–Trinajstić information content (AvgIpc) is 2.50. The van der Waals surface area contributed by atoms with Gasteiger partial charge in [-0.3, -0.25) is 0 Å². The predicted octanol–water partition coefficient (Wildman–Crippen LogP) is 1.70. The molecule has 8 heteroatoms. The lowest BCUT2D eigenvalue weighted by atomic mass is 10.1. The molecule has 2 rings (SSSR count). The number of rotatable bonds is 6. The number of likely N-dealkylation sites (N-methyl/N-ethyl adjacent to an activating group) is 1. The Bertz CT molecular complexity index is 632. The molecule has 0 radical (unpaired) electrons. The summed E-state index contributed by atoms with van der Waals surface area (Å²) in [5.41, 5.74) is 0. The molecule has 0 bridgehead atoms. The van der Waals surface area contributed by atoms with Gasteiger partial charge in [0.15, 0.2) is 11.6 Å². The minimum absolute atomic E-state index is 0.193. The molecular weight excluding hydrogens is 326 g/mol. The molecule has 0 unspecified atom stereocenters. The van der Waals surface area contributed by atoms with Gasteiger partial charge in [-0.2, -0.15) is 4.31 Å². The van der Waals surface area contributed by atoms with E-state index in [1.807, 2.05) is 19.0 Å². The molecule has 5 nitrogen and oxygen atoms in total. The van der Waals surface area contributed by atoms with Crippen LogP contribution in [0.3, 0.4) is 0 Å². The van der Waals surface area contributed by atoms with Crippen molar-refractivity contribution in [1.29, 1.82) is 0 Å². The molecule has 1 saturated heterocycles. The van der Waals surface area contributed by atoms with Gasteiger partial charge in [-0.25, -0.2) is 17.2 Å². The molecule has 130 valence electrons. The van der Waals surface area contributed by atoms with Crippen LogP contribution in [-0.4, -0.2) is 64.1 Å². The van der Waals surface area contributed by atoms with E-state index in [-0.39, 0.29) is 10.9 Å². The highest BCUT2D eigenvalue weighted by atomic mass is 32.2. The summed E-state index contributed by atoms with van der Waals surface area (Å²) in [5, 5.41) is 0. The molecule has 1 aromatic rings. The van der Waals surface area contributed by atoms with Crippen molar-refractivity contribution in [2.45, 2.75) is 23.8 Å². The Balaban J connectivity index is 2.32. The van der Waals surface area contributed by atoms with Crippen LogP contribution in [0.15, 0.2) is 23.1 Å². The Kier molecular flexibility index (Phi) is 6.07. The SMILES string of the molecule is CN(C)CCN(C1CCOCC1)S(=O)(=O)c1ccc(F)c(F)c1. The molecule has 1 heterocycles. The lowest BCUT2D eigenvalue weighted by molar-refractivity contribution is 0.0573. The molecule has 1 aliphatic rings. The topological polar surface area (TPSA) is 49.9 Å². The molecular formula is C15H22F2N2O3S. The van der Waals surface area contributed by atoms with Crippen LogP contribution in [0.2, 0.25) is 0 Å². The molecule has 1 fully saturated rings. The van der Waals surface area contributed by atoms with Crippen LogP contribution >= 0.6 is 0 Å². The summed E-state index contributed by atoms with van der Waals surface area (Å²) in [4.78, 5) is 1.66. The van der Waals surface area contributed by atoms with Crippen molar-refractivity contribution >= 4 is 10.0 Å². The number of halogens is 2. The summed E-state index contributed by atoms with van der Waals surface area (Å²) in [7, 11) is -0.184. The van der Waals surface area contributed by atoms with Gasteiger partial charge in [-0.05, 0) is 45.1 Å². The molecule has 0 N–H and O–H groups in total. The molecule has 0 aromatic heterocycles. The Morgan fingerprint density at radius 1 is 1.13 bits per heavy atom. The largest absolute Gasteiger partial charge is 0.381 e. The third-order valence-electron chi connectivity index (χ3n) is 3.86. The molecule has 1 aliphatic heterocycles. The highest BCUT2D eigenvalue weighted by Gasteiger charge is 2.33. The van der Waals surface area contributed by atoms with Crippen molar-refractivity contribution in [3.63, 3.8) is 0 Å². The van der Waals surface area contributed by atoms with Gasteiger partial charge < -0.3 is 9.64 Å². The van der Waals surface area contributed by atoms with E-state index < -0.39 is 21.7 Å². The number of hydrogen-bond donors (Lipinski definition) is 0. The van der Waals surface area contributed by atoms with Crippen LogP contribution in [0.1, 0.15) is 12.8 Å². The highest BCUT2D eigenvalue weighted by molar-refractivity contribution is 7.89. The first-order valence-electron chi connectivity index (χ1n) is 7.51. The van der Waals surface area contributed by atoms with Crippen molar-refractivity contribution in [1.82, 2.24) is 9.21 Å². The number of sulfonamides is 1. The summed E-state index contributed by atoms with van der Waals surface area (Å²) < 4.78 is 59.0. The number of ether oxygens (including phenoxy) is 1. The second-order valence-corrected chi connectivity index (χ2v) is 7.73. The third kappa shape index (κ3) is 4.47. The first-order valence-corrected chi connectivity index (χ1v) is 8.96. The van der Waals surface area contributed by atoms with Crippen LogP contribution in [0.5, 0.6) is 0 Å². The van der Waals surface area contributed by atoms with Gasteiger partial charge in [0, 0.05) is 32.3 Å². The first kappa shape index (κ1) is 18.3. The van der Waals surface area contributed by atoms with E-state index in [9.17, 15) is 17.2 Å². The lowest BCUT2D eigenvalue weighted by Gasteiger charge is -2.34. The van der Waals surface area contributed by atoms with E-state index in [1.165, 1.54) is 4.31 Å². The van der Waals surface area contributed by atoms with Crippen molar-refractivity contribution in [2.24, 2.45) is 0 Å². The van der Waals surface area contributed by atoms with E-state index >= 15 is 0 Å². The van der Waals surface area contributed by atoms with E-state index in [2.05, 4.69) is 0 Å². The van der Waals surface area contributed by atoms with Gasteiger partial charge in [0.05, 0.1) is 4.90 Å². The fourth-order valence-corrected chi connectivity index (χ4v) is 4.23. The van der Waals surface area contributed by atoms with Gasteiger partial charge in [0.25, 0.3) is 0 Å². The van der Waals surface area contributed by atoms with Crippen LogP contribution in [0, 0.1) is 11.6 Å². The zero-order valence-electron chi connectivity index (χ0n) is 13.3. The molecule has 0 aliphatic carbocycles. The molecule has 23 heavy (non-hydrogen) atoms. The summed E-state index contributed by atoms with van der Waals surface area (Å²) >= 11 is 0. The van der Waals surface area contributed by atoms with Crippen molar-refractivity contribution in [2.75, 3.05) is 40.4 Å². The molecule has 0 spiro atoms. The second kappa shape index (κ2) is 7.65. The second-order valence-electron chi connectivity index (χ2n) is 5.84. The monoisotopic (exact) mass is 348 g/mol. The number of hydrogen-bond acceptors (Lipinski definition) is 4. The number of nitrogens with zero attached hydrogens (tertiary/aromatic N) is 2. The molecule has 0 atom stereocenters. The van der Waals surface area contributed by atoms with E-state index in [0.717, 1.165) is 18.2 Å². The van der Waals surface area contributed by atoms with Gasteiger partial charge in [0.2, 0.25) is 10.0 Å². The summed E-state index contributed by atoms with van der Waals surface area (Å²) in [6.07, 6.45) is 1.19. The van der Waals surface area contributed by atoms with Gasteiger partial charge in [0.1, 0.15) is 0 Å². The Morgan fingerprint density at radius 3 is 2.35 bits per heavy atom. The zero-order chi connectivity index (χ0) is 17.0. The maximum Gasteiger partial charge on any atom is 0.243 e. The van der Waals surface area contributed by atoms with Crippen molar-refractivity contribution < 1.29 is 21.9 Å². The smallest absolute Gasteiger partial charge is 0.243 e. The van der Waals surface area contributed by atoms with Crippen LogP contribution < -0.4 is 0 Å². The van der Waals surface area contributed by atoms with E-state index in [0.29, 0.717) is 39.1 Å². The van der Waals surface area contributed by atoms with Crippen LogP contribution in [-0.2, 0) is 14.8 Å². The molecule has 1 aromatic carbocycles. The van der Waals surface area contributed by atoms with Crippen molar-refractivity contribution in [3.8, 4) is 0 Å². The summed E-state index contributed by atoms with van der Waals surface area (Å²) in [6.45, 7) is 1.83. The van der Waals surface area contributed by atoms with Gasteiger partial charge in [-0.15, -0.1) is 0 Å². The van der Waals surface area contributed by atoms with Gasteiger partial charge in [-0.1, -0.05) is 0 Å². The van der Waals surface area contributed by atoms with Crippen LogP contribution in [0.25, 0.3) is 0 Å². The summed E-state index contributed by atoms with van der Waals surface area (Å²) in [5.74, 6) is -2.22. The van der Waals surface area contributed by atoms with E-state index in [1.54, 1.807) is 0 Å². The fraction of sp³-hybridized carbons (Fsp3) is 0.600. The molecule has 0 amide bonds. The highest BCUT2D eigenvalue weighted by Crippen LogP contribution is 2.24. The maximum atomic E-state index is 13.4. The number of benzene rings is 1. The minimum Gasteiger partial charge on any atom is -0.381 e. The minimum atomic E-state index is -3.89. The average molecular weight is 348 g/mol. The maximum absolute atomic E-state index is 13.4. The standard InChI is InChI=1S/C15H22F2N2O3S/c1-18(2)7-8-19(12-5-9-22-10-6-12)23(20,21)13-3-4-14(16)15(17)11-13/h3-4,11-12H,5-10H2,1-2H3. The Labute approximate surface area is 135 Å². The zero-order valence-corrected chi connectivity index (χ0v) is 14.2. The van der Waals surface area contributed by atoms with Crippen LogP contribution in [0.4, 0.5) is 8.78 Å². The lowest BCUT2D eigenvalue weighted by Crippen LogP contribution is -2.46. The summed E-state index contributed by atoms with van der Waals surface area (Å²) in [6, 6.07) is 2.50. The van der Waals surface area contributed by atoms with Gasteiger partial charge >= 0.3 is 0 Å². The predicted molar refractivity (Wildman–Crippen MR) is 82.6 cm³/mol.